The fourth-order valence-electron chi connectivity index (χ4n) is 9.22. The molecule has 304 valence electrons. The second-order valence-corrected chi connectivity index (χ2v) is 15.9. The van der Waals surface area contributed by atoms with Crippen LogP contribution in [0.2, 0.25) is 0 Å². The molecule has 4 fully saturated rings. The predicted molar refractivity (Wildman–Crippen MR) is 219 cm³/mol. The van der Waals surface area contributed by atoms with E-state index in [2.05, 4.69) is 44.2 Å². The number of hydrogen-bond donors (Lipinski definition) is 4. The smallest absolute Gasteiger partial charge is 0.337 e. The van der Waals surface area contributed by atoms with Gasteiger partial charge in [-0.25, -0.2) is 19.2 Å². The Labute approximate surface area is 339 Å². The van der Waals surface area contributed by atoms with Crippen LogP contribution in [0.4, 0.5) is 16.2 Å². The molecular formula is C46H52N4O8. The average molecular weight is 789 g/mol. The number of carbonyl (C=O) groups is 3. The lowest BCUT2D eigenvalue weighted by Crippen LogP contribution is -2.35. The second kappa shape index (κ2) is 18.3. The number of fused-ring (bicyclic) bond motifs is 2. The monoisotopic (exact) mass is 788 g/mol. The third-order valence-corrected chi connectivity index (χ3v) is 12.1. The summed E-state index contributed by atoms with van der Waals surface area (Å²) in [5.41, 5.74) is 5.08. The van der Waals surface area contributed by atoms with Crippen LogP contribution in [0.3, 0.4) is 0 Å². The molecule has 58 heavy (non-hydrogen) atoms. The molecule has 4 N–H and O–H groups in total. The Hall–Kier alpha value is -5.65. The van der Waals surface area contributed by atoms with Crippen molar-refractivity contribution in [1.29, 1.82) is 0 Å². The lowest BCUT2D eigenvalue weighted by molar-refractivity contribution is 0.0322. The number of carbonyl (C=O) groups excluding carboxylic acids is 4. The lowest BCUT2D eigenvalue weighted by Gasteiger charge is -2.28. The van der Waals surface area contributed by atoms with E-state index in [0.29, 0.717) is 72.1 Å². The molecular weight excluding hydrogens is 737 g/mol. The Morgan fingerprint density at radius 2 is 1.12 bits per heavy atom. The van der Waals surface area contributed by atoms with Gasteiger partial charge in [0, 0.05) is 18.8 Å². The predicted octanol–water partition coefficient (Wildman–Crippen LogP) is 6.80. The molecule has 2 amide bonds. The van der Waals surface area contributed by atoms with Crippen molar-refractivity contribution in [2.75, 3.05) is 45.7 Å². The van der Waals surface area contributed by atoms with Crippen molar-refractivity contribution in [3.63, 3.8) is 0 Å². The van der Waals surface area contributed by atoms with Crippen molar-refractivity contribution in [2.24, 2.45) is 28.7 Å². The number of esters is 2. The average Bonchev–Trinajstić information content (AvgIpc) is 3.98. The standard InChI is InChI=1S/C23H26N2O4.C14H19NO.C9H7NO3/c1-15-5-3-4-6-20(15)23(28)11-17-13-25(14-18(17)12-23)22(27)24-19-9-7-16(8-10-19)21(26)29-2;1-10-4-2-3-5-13(10)14(16)6-11-8-15-9-12(11)7-14;1-13-9(12)7-2-4-8(5-3-7)10-6-11/h3-10,17-18,28H,11-14H2,1-2H3,(H,24,27);2-5,11-12,15-16H,6-9H2,1H3;2-5H,1H3/t17-,18+,23?;11-,12+,14?;. The Bertz CT molecular complexity index is 2110. The minimum Gasteiger partial charge on any atom is -0.465 e. The SMILES string of the molecule is COC(=O)c1ccc(N=C=O)cc1.COC(=O)c1ccc(NC(=O)N2C[C@@H]3CC(O)(c4ccccc4C)C[C@@H]3C2)cc1.Cc1ccccc1C1(O)C[C@H]2CNC[C@H]2C1. The van der Waals surface area contributed by atoms with E-state index in [0.717, 1.165) is 42.6 Å². The number of hydrogen-bond acceptors (Lipinski definition) is 10. The summed E-state index contributed by atoms with van der Waals surface area (Å²) in [6.45, 7) is 7.58. The van der Waals surface area contributed by atoms with Crippen LogP contribution < -0.4 is 10.6 Å². The minimum absolute atomic E-state index is 0.148. The quantitative estimate of drug-likeness (QED) is 0.0934. The van der Waals surface area contributed by atoms with Gasteiger partial charge in [-0.1, -0.05) is 48.5 Å². The number of aryl methyl sites for hydroxylation is 2. The summed E-state index contributed by atoms with van der Waals surface area (Å²) in [6.07, 6.45) is 4.62. The molecule has 12 nitrogen and oxygen atoms in total. The highest BCUT2D eigenvalue weighted by Gasteiger charge is 2.50. The number of aliphatic imine (C=N–C) groups is 1. The van der Waals surface area contributed by atoms with Crippen molar-refractivity contribution in [3.05, 3.63) is 130 Å². The van der Waals surface area contributed by atoms with E-state index in [9.17, 15) is 29.4 Å². The first-order valence-corrected chi connectivity index (χ1v) is 19.6. The molecule has 2 aliphatic heterocycles. The van der Waals surface area contributed by atoms with Gasteiger partial charge in [-0.2, -0.15) is 4.99 Å². The summed E-state index contributed by atoms with van der Waals surface area (Å²) < 4.78 is 9.17. The molecule has 4 aromatic carbocycles. The van der Waals surface area contributed by atoms with Gasteiger partial charge >= 0.3 is 18.0 Å². The third kappa shape index (κ3) is 9.54. The number of anilines is 1. The largest absolute Gasteiger partial charge is 0.465 e. The van der Waals surface area contributed by atoms with Crippen molar-refractivity contribution in [3.8, 4) is 0 Å². The van der Waals surface area contributed by atoms with Crippen LogP contribution in [0.1, 0.15) is 68.7 Å². The first-order chi connectivity index (χ1) is 27.9. The number of ether oxygens (including phenoxy) is 2. The normalized spacial score (nSPS) is 25.1. The maximum absolute atomic E-state index is 12.7. The van der Waals surface area contributed by atoms with Crippen molar-refractivity contribution >= 4 is 35.4 Å². The number of isocyanates is 1. The molecule has 6 atom stereocenters. The van der Waals surface area contributed by atoms with Gasteiger partial charge in [0.05, 0.1) is 42.2 Å². The van der Waals surface area contributed by atoms with E-state index in [1.165, 1.54) is 50.1 Å². The molecule has 2 heterocycles. The maximum Gasteiger partial charge on any atom is 0.337 e. The summed E-state index contributed by atoms with van der Waals surface area (Å²) in [5.74, 6) is 1.12. The molecule has 0 bridgehead atoms. The zero-order valence-corrected chi connectivity index (χ0v) is 33.4. The number of amides is 2. The van der Waals surface area contributed by atoms with E-state index < -0.39 is 23.1 Å². The van der Waals surface area contributed by atoms with Crippen LogP contribution in [-0.4, -0.2) is 79.6 Å². The summed E-state index contributed by atoms with van der Waals surface area (Å²) in [4.78, 5) is 50.2. The van der Waals surface area contributed by atoms with E-state index in [1.54, 1.807) is 24.3 Å². The van der Waals surface area contributed by atoms with E-state index in [4.69, 9.17) is 0 Å². The van der Waals surface area contributed by atoms with Crippen LogP contribution in [0.5, 0.6) is 0 Å². The minimum atomic E-state index is -0.799. The molecule has 0 radical (unpaired) electrons. The maximum atomic E-state index is 12.7. The Morgan fingerprint density at radius 3 is 1.55 bits per heavy atom. The molecule has 4 aliphatic rings. The van der Waals surface area contributed by atoms with Gasteiger partial charge in [-0.3, -0.25) is 0 Å². The summed E-state index contributed by atoms with van der Waals surface area (Å²) >= 11 is 0. The van der Waals surface area contributed by atoms with E-state index in [-0.39, 0.29) is 6.03 Å². The van der Waals surface area contributed by atoms with Crippen molar-refractivity contribution in [2.45, 2.75) is 50.7 Å². The Kier molecular flexibility index (Phi) is 13.2. The molecule has 0 spiro atoms. The Balaban J connectivity index is 0.000000164. The van der Waals surface area contributed by atoms with Gasteiger partial charge in [-0.05, 0) is 147 Å². The number of benzene rings is 4. The zero-order valence-electron chi connectivity index (χ0n) is 33.4. The fraction of sp³-hybridized carbons (Fsp3) is 0.391. The molecule has 12 heteroatoms. The van der Waals surface area contributed by atoms with Crippen molar-refractivity contribution < 1.29 is 38.9 Å². The van der Waals surface area contributed by atoms with Gasteiger partial charge in [0.15, 0.2) is 0 Å². The number of likely N-dealkylation sites (tertiary alicyclic amines) is 1. The van der Waals surface area contributed by atoms with E-state index >= 15 is 0 Å². The summed E-state index contributed by atoms with van der Waals surface area (Å²) in [5, 5.41) is 28.4. The number of methoxy groups -OCH3 is 2. The second-order valence-electron chi connectivity index (χ2n) is 15.9. The first-order valence-electron chi connectivity index (χ1n) is 19.6. The number of urea groups is 1. The van der Waals surface area contributed by atoms with Crippen LogP contribution in [0.15, 0.2) is 102 Å². The molecule has 4 aromatic rings. The number of nitrogens with zero attached hydrogens (tertiary/aromatic N) is 2. The molecule has 2 saturated heterocycles. The van der Waals surface area contributed by atoms with Gasteiger partial charge in [-0.15, -0.1) is 0 Å². The molecule has 2 saturated carbocycles. The van der Waals surface area contributed by atoms with Crippen LogP contribution >= 0.6 is 0 Å². The topological polar surface area (TPSA) is 167 Å². The first kappa shape index (κ1) is 42.0. The van der Waals surface area contributed by atoms with Crippen LogP contribution in [-0.2, 0) is 25.5 Å². The van der Waals surface area contributed by atoms with Gasteiger partial charge < -0.3 is 35.2 Å². The molecule has 2 unspecified atom stereocenters. The Morgan fingerprint density at radius 1 is 0.690 bits per heavy atom. The van der Waals surface area contributed by atoms with Crippen LogP contribution in [0, 0.1) is 37.5 Å². The number of aliphatic hydroxyl groups is 2. The van der Waals surface area contributed by atoms with Gasteiger partial charge in [0.2, 0.25) is 6.08 Å². The van der Waals surface area contributed by atoms with Gasteiger partial charge in [0.1, 0.15) is 0 Å². The van der Waals surface area contributed by atoms with E-state index in [1.807, 2.05) is 48.2 Å². The molecule has 2 aliphatic carbocycles. The van der Waals surface area contributed by atoms with Crippen LogP contribution in [0.25, 0.3) is 0 Å². The highest BCUT2D eigenvalue weighted by molar-refractivity contribution is 5.92. The zero-order chi connectivity index (χ0) is 41.5. The fourth-order valence-corrected chi connectivity index (χ4v) is 9.22. The molecule has 0 aromatic heterocycles. The number of rotatable bonds is 6. The summed E-state index contributed by atoms with van der Waals surface area (Å²) in [7, 11) is 2.64. The highest BCUT2D eigenvalue weighted by atomic mass is 16.5. The lowest BCUT2D eigenvalue weighted by atomic mass is 9.87. The summed E-state index contributed by atoms with van der Waals surface area (Å²) in [6, 6.07) is 28.9. The number of nitrogens with one attached hydrogen (secondary N) is 2. The molecule has 8 rings (SSSR count). The van der Waals surface area contributed by atoms with Gasteiger partial charge in [0.25, 0.3) is 0 Å². The highest BCUT2D eigenvalue weighted by Crippen LogP contribution is 2.50. The third-order valence-electron chi connectivity index (χ3n) is 12.1. The van der Waals surface area contributed by atoms with Crippen molar-refractivity contribution in [1.82, 2.24) is 10.2 Å².